The summed E-state index contributed by atoms with van der Waals surface area (Å²) in [4.78, 5) is 13.1. The molecule has 98 valence electrons. The van der Waals surface area contributed by atoms with Crippen LogP contribution in [-0.2, 0) is 11.2 Å². The van der Waals surface area contributed by atoms with Crippen LogP contribution in [0.2, 0.25) is 5.02 Å². The van der Waals surface area contributed by atoms with Crippen LogP contribution in [-0.4, -0.2) is 12.2 Å². The summed E-state index contributed by atoms with van der Waals surface area (Å²) in [5, 5.41) is 3.50. The van der Waals surface area contributed by atoms with Gasteiger partial charge in [-0.25, -0.2) is 0 Å². The number of benzene rings is 2. The van der Waals surface area contributed by atoms with Crippen molar-refractivity contribution < 1.29 is 4.79 Å². The lowest BCUT2D eigenvalue weighted by Crippen LogP contribution is -2.14. The second-order valence-electron chi connectivity index (χ2n) is 4.05. The van der Waals surface area contributed by atoms with Gasteiger partial charge in [0.2, 0.25) is 5.91 Å². The number of thioether (sulfide) groups is 1. The van der Waals surface area contributed by atoms with Crippen molar-refractivity contribution in [3.8, 4) is 0 Å². The Kier molecular flexibility index (Phi) is 4.88. The summed E-state index contributed by atoms with van der Waals surface area (Å²) in [6, 6.07) is 15.2. The van der Waals surface area contributed by atoms with Gasteiger partial charge in [-0.3, -0.25) is 4.79 Å². The van der Waals surface area contributed by atoms with E-state index in [4.69, 9.17) is 11.6 Å². The quantitative estimate of drug-likeness (QED) is 0.854. The van der Waals surface area contributed by atoms with Gasteiger partial charge in [-0.2, -0.15) is 0 Å². The lowest BCUT2D eigenvalue weighted by atomic mass is 10.1. The molecule has 0 aliphatic carbocycles. The minimum atomic E-state index is -0.0636. The fourth-order valence-electron chi connectivity index (χ4n) is 1.72. The summed E-state index contributed by atoms with van der Waals surface area (Å²) in [7, 11) is 0. The molecule has 0 heterocycles. The van der Waals surface area contributed by atoms with E-state index in [1.807, 2.05) is 48.7 Å². The minimum Gasteiger partial charge on any atom is -0.326 e. The number of carbonyl (C=O) groups excluding carboxylic acids is 1. The van der Waals surface area contributed by atoms with Crippen LogP contribution in [0.5, 0.6) is 0 Å². The first-order valence-electron chi connectivity index (χ1n) is 5.86. The van der Waals surface area contributed by atoms with Crippen LogP contribution < -0.4 is 5.32 Å². The van der Waals surface area contributed by atoms with Crippen LogP contribution in [0.1, 0.15) is 5.56 Å². The Morgan fingerprint density at radius 2 is 2.00 bits per heavy atom. The second-order valence-corrected chi connectivity index (χ2v) is 5.34. The Balaban J connectivity index is 2.03. The van der Waals surface area contributed by atoms with Crippen molar-refractivity contribution in [3.63, 3.8) is 0 Å². The van der Waals surface area contributed by atoms with Gasteiger partial charge < -0.3 is 5.32 Å². The number of halogens is 1. The van der Waals surface area contributed by atoms with Crippen molar-refractivity contribution in [1.82, 2.24) is 0 Å². The standard InChI is InChI=1S/C15H14ClNOS/c1-19-13-7-4-6-12(10-13)17-15(18)9-11-5-2-3-8-14(11)16/h2-8,10H,9H2,1H3,(H,17,18). The van der Waals surface area contributed by atoms with E-state index in [1.165, 1.54) is 0 Å². The van der Waals surface area contributed by atoms with Crippen molar-refractivity contribution in [3.05, 3.63) is 59.1 Å². The van der Waals surface area contributed by atoms with Crippen LogP contribution in [0.3, 0.4) is 0 Å². The zero-order valence-electron chi connectivity index (χ0n) is 10.5. The van der Waals surface area contributed by atoms with Gasteiger partial charge in [-0.1, -0.05) is 35.9 Å². The first kappa shape index (κ1) is 14.0. The van der Waals surface area contributed by atoms with Crippen molar-refractivity contribution in [1.29, 1.82) is 0 Å². The van der Waals surface area contributed by atoms with Crippen LogP contribution in [0.4, 0.5) is 5.69 Å². The van der Waals surface area contributed by atoms with Gasteiger partial charge >= 0.3 is 0 Å². The largest absolute Gasteiger partial charge is 0.326 e. The molecule has 0 unspecified atom stereocenters. The maximum absolute atomic E-state index is 12.0. The molecule has 0 spiro atoms. The van der Waals surface area contributed by atoms with E-state index in [9.17, 15) is 4.79 Å². The maximum Gasteiger partial charge on any atom is 0.228 e. The number of hydrogen-bond donors (Lipinski definition) is 1. The summed E-state index contributed by atoms with van der Waals surface area (Å²) < 4.78 is 0. The Morgan fingerprint density at radius 1 is 1.21 bits per heavy atom. The second kappa shape index (κ2) is 6.64. The van der Waals surface area contributed by atoms with E-state index in [0.717, 1.165) is 16.1 Å². The van der Waals surface area contributed by atoms with Gasteiger partial charge in [0, 0.05) is 15.6 Å². The molecule has 0 saturated heterocycles. The highest BCUT2D eigenvalue weighted by Gasteiger charge is 2.07. The minimum absolute atomic E-state index is 0.0636. The van der Waals surface area contributed by atoms with E-state index in [0.29, 0.717) is 5.02 Å². The molecule has 2 aromatic rings. The summed E-state index contributed by atoms with van der Waals surface area (Å²) in [6.07, 6.45) is 2.29. The molecule has 0 bridgehead atoms. The fraction of sp³-hybridized carbons (Fsp3) is 0.133. The molecule has 1 amide bonds. The highest BCUT2D eigenvalue weighted by molar-refractivity contribution is 7.98. The molecule has 4 heteroatoms. The zero-order chi connectivity index (χ0) is 13.7. The molecular weight excluding hydrogens is 278 g/mol. The number of nitrogens with one attached hydrogen (secondary N) is 1. The van der Waals surface area contributed by atoms with Gasteiger partial charge in [-0.15, -0.1) is 11.8 Å². The average Bonchev–Trinajstić information content (AvgIpc) is 2.41. The molecule has 0 fully saturated rings. The number of amides is 1. The zero-order valence-corrected chi connectivity index (χ0v) is 12.1. The third-order valence-electron chi connectivity index (χ3n) is 2.66. The third-order valence-corrected chi connectivity index (χ3v) is 3.76. The predicted molar refractivity (Wildman–Crippen MR) is 82.0 cm³/mol. The molecule has 0 atom stereocenters. The SMILES string of the molecule is CSc1cccc(NC(=O)Cc2ccccc2Cl)c1. The monoisotopic (exact) mass is 291 g/mol. The van der Waals surface area contributed by atoms with E-state index in [1.54, 1.807) is 17.8 Å². The van der Waals surface area contributed by atoms with Crippen LogP contribution in [0.15, 0.2) is 53.4 Å². The Hall–Kier alpha value is -1.45. The smallest absolute Gasteiger partial charge is 0.228 e. The highest BCUT2D eigenvalue weighted by atomic mass is 35.5. The molecular formula is C15H14ClNOS. The molecule has 2 nitrogen and oxygen atoms in total. The number of rotatable bonds is 4. The van der Waals surface area contributed by atoms with Crippen LogP contribution in [0.25, 0.3) is 0 Å². The van der Waals surface area contributed by atoms with Gasteiger partial charge in [0.05, 0.1) is 6.42 Å². The molecule has 0 saturated carbocycles. The first-order valence-corrected chi connectivity index (χ1v) is 7.46. The highest BCUT2D eigenvalue weighted by Crippen LogP contribution is 2.20. The summed E-state index contributed by atoms with van der Waals surface area (Å²) in [6.45, 7) is 0. The van der Waals surface area contributed by atoms with Gasteiger partial charge in [0.25, 0.3) is 0 Å². The molecule has 0 aromatic heterocycles. The van der Waals surface area contributed by atoms with E-state index in [2.05, 4.69) is 5.32 Å². The van der Waals surface area contributed by atoms with Gasteiger partial charge in [0.1, 0.15) is 0 Å². The normalized spacial score (nSPS) is 10.2. The average molecular weight is 292 g/mol. The molecule has 0 aliphatic heterocycles. The molecule has 19 heavy (non-hydrogen) atoms. The van der Waals surface area contributed by atoms with E-state index in [-0.39, 0.29) is 12.3 Å². The molecule has 2 aromatic carbocycles. The van der Waals surface area contributed by atoms with Gasteiger partial charge in [0.15, 0.2) is 0 Å². The number of hydrogen-bond acceptors (Lipinski definition) is 2. The summed E-state index contributed by atoms with van der Waals surface area (Å²) >= 11 is 7.68. The van der Waals surface area contributed by atoms with Crippen molar-refractivity contribution in [2.24, 2.45) is 0 Å². The third kappa shape index (κ3) is 4.01. The molecule has 0 aliphatic rings. The summed E-state index contributed by atoms with van der Waals surface area (Å²) in [5.74, 6) is -0.0636. The van der Waals surface area contributed by atoms with Crippen LogP contribution >= 0.6 is 23.4 Å². The molecule has 1 N–H and O–H groups in total. The van der Waals surface area contributed by atoms with Crippen molar-refractivity contribution >= 4 is 35.0 Å². The lowest BCUT2D eigenvalue weighted by molar-refractivity contribution is -0.115. The Bertz CT molecular complexity index is 586. The predicted octanol–water partition coefficient (Wildman–Crippen LogP) is 4.24. The fourth-order valence-corrected chi connectivity index (χ4v) is 2.38. The summed E-state index contributed by atoms with van der Waals surface area (Å²) in [5.41, 5.74) is 1.64. The lowest BCUT2D eigenvalue weighted by Gasteiger charge is -2.07. The Morgan fingerprint density at radius 3 is 2.74 bits per heavy atom. The van der Waals surface area contributed by atoms with Crippen molar-refractivity contribution in [2.75, 3.05) is 11.6 Å². The van der Waals surface area contributed by atoms with E-state index >= 15 is 0 Å². The van der Waals surface area contributed by atoms with Gasteiger partial charge in [-0.05, 0) is 36.1 Å². The number of carbonyl (C=O) groups is 1. The number of anilines is 1. The first-order chi connectivity index (χ1) is 9.19. The topological polar surface area (TPSA) is 29.1 Å². The van der Waals surface area contributed by atoms with Crippen molar-refractivity contribution in [2.45, 2.75) is 11.3 Å². The maximum atomic E-state index is 12.0. The van der Waals surface area contributed by atoms with Crippen LogP contribution in [0, 0.1) is 0 Å². The Labute approximate surface area is 122 Å². The van der Waals surface area contributed by atoms with E-state index < -0.39 is 0 Å². The molecule has 0 radical (unpaired) electrons. The molecule has 2 rings (SSSR count).